The predicted molar refractivity (Wildman–Crippen MR) is 102 cm³/mol. The number of amides is 1. The molecule has 0 saturated carbocycles. The number of carbonyl (C=O) groups is 1. The molecule has 6 heteroatoms. The lowest BCUT2D eigenvalue weighted by Gasteiger charge is -2.13. The summed E-state index contributed by atoms with van der Waals surface area (Å²) in [4.78, 5) is 16.7. The maximum Gasteiger partial charge on any atom is 0.230 e. The molecular weight excluding hydrogens is 334 g/mol. The van der Waals surface area contributed by atoms with E-state index in [4.69, 9.17) is 4.74 Å². The fourth-order valence-corrected chi connectivity index (χ4v) is 3.47. The maximum absolute atomic E-state index is 12.2. The second kappa shape index (κ2) is 9.63. The Morgan fingerprint density at radius 1 is 1.32 bits per heavy atom. The number of hydrogen-bond acceptors (Lipinski definition) is 4. The first-order valence-electron chi connectivity index (χ1n) is 8.50. The molecule has 2 aromatic rings. The monoisotopic (exact) mass is 361 g/mol. The van der Waals surface area contributed by atoms with Crippen molar-refractivity contribution in [3.8, 4) is 0 Å². The van der Waals surface area contributed by atoms with Gasteiger partial charge in [0.25, 0.3) is 0 Å². The number of imidazole rings is 1. The predicted octanol–water partition coefficient (Wildman–Crippen LogP) is 3.16. The van der Waals surface area contributed by atoms with Gasteiger partial charge in [0.05, 0.1) is 18.1 Å². The summed E-state index contributed by atoms with van der Waals surface area (Å²) in [6.07, 6.45) is 0. The van der Waals surface area contributed by atoms with Crippen molar-refractivity contribution >= 4 is 17.7 Å². The number of hydrogen-bond donors (Lipinski definition) is 1. The number of thioether (sulfide) groups is 1. The van der Waals surface area contributed by atoms with E-state index < -0.39 is 0 Å². The van der Waals surface area contributed by atoms with E-state index in [-0.39, 0.29) is 5.91 Å². The quantitative estimate of drug-likeness (QED) is 0.697. The van der Waals surface area contributed by atoms with Crippen molar-refractivity contribution in [2.24, 2.45) is 0 Å². The summed E-state index contributed by atoms with van der Waals surface area (Å²) < 4.78 is 7.27. The Labute approximate surface area is 154 Å². The SMILES string of the molecule is COCCn1c(SCC(=O)NC[C@@H](C)c2ccccc2)nc(C)c1C. The molecule has 1 heterocycles. The van der Waals surface area contributed by atoms with Gasteiger partial charge in [0, 0.05) is 25.9 Å². The number of aromatic nitrogens is 2. The van der Waals surface area contributed by atoms with Crippen LogP contribution < -0.4 is 5.32 Å². The molecule has 1 atom stereocenters. The van der Waals surface area contributed by atoms with Gasteiger partial charge < -0.3 is 14.6 Å². The van der Waals surface area contributed by atoms with Gasteiger partial charge in [-0.15, -0.1) is 0 Å². The van der Waals surface area contributed by atoms with Crippen molar-refractivity contribution in [2.75, 3.05) is 26.0 Å². The molecule has 0 aliphatic heterocycles. The minimum Gasteiger partial charge on any atom is -0.383 e. The lowest BCUT2D eigenvalue weighted by Crippen LogP contribution is -2.29. The van der Waals surface area contributed by atoms with Crippen LogP contribution in [0.2, 0.25) is 0 Å². The van der Waals surface area contributed by atoms with E-state index in [9.17, 15) is 4.79 Å². The van der Waals surface area contributed by atoms with Crippen LogP contribution in [-0.4, -0.2) is 41.5 Å². The standard InChI is InChI=1S/C19H27N3O2S/c1-14(17-8-6-5-7-9-17)12-20-18(23)13-25-19-21-15(2)16(3)22(19)10-11-24-4/h5-9,14H,10-13H2,1-4H3,(H,20,23)/t14-/m1/s1. The van der Waals surface area contributed by atoms with Crippen molar-refractivity contribution in [3.05, 3.63) is 47.3 Å². The maximum atomic E-state index is 12.2. The molecular formula is C19H27N3O2S. The van der Waals surface area contributed by atoms with Gasteiger partial charge in [-0.2, -0.15) is 0 Å². The van der Waals surface area contributed by atoms with Crippen LogP contribution in [0.25, 0.3) is 0 Å². The highest BCUT2D eigenvalue weighted by Gasteiger charge is 2.14. The Morgan fingerprint density at radius 2 is 2.04 bits per heavy atom. The van der Waals surface area contributed by atoms with E-state index in [1.807, 2.05) is 32.0 Å². The molecule has 0 bridgehead atoms. The Kier molecular flexibility index (Phi) is 7.52. The smallest absolute Gasteiger partial charge is 0.230 e. The molecule has 25 heavy (non-hydrogen) atoms. The number of carbonyl (C=O) groups excluding carboxylic acids is 1. The number of nitrogens with zero attached hydrogens (tertiary/aromatic N) is 2. The van der Waals surface area contributed by atoms with Crippen molar-refractivity contribution in [3.63, 3.8) is 0 Å². The lowest BCUT2D eigenvalue weighted by molar-refractivity contribution is -0.118. The van der Waals surface area contributed by atoms with Gasteiger partial charge in [0.2, 0.25) is 5.91 Å². The van der Waals surface area contributed by atoms with E-state index in [0.29, 0.717) is 24.8 Å². The largest absolute Gasteiger partial charge is 0.383 e. The number of nitrogens with one attached hydrogen (secondary N) is 1. The van der Waals surface area contributed by atoms with Crippen molar-refractivity contribution < 1.29 is 9.53 Å². The molecule has 5 nitrogen and oxygen atoms in total. The molecule has 0 unspecified atom stereocenters. The van der Waals surface area contributed by atoms with Gasteiger partial charge in [0.1, 0.15) is 0 Å². The fourth-order valence-electron chi connectivity index (χ4n) is 2.53. The van der Waals surface area contributed by atoms with E-state index >= 15 is 0 Å². The van der Waals surface area contributed by atoms with Gasteiger partial charge in [-0.1, -0.05) is 49.0 Å². The number of rotatable bonds is 9. The van der Waals surface area contributed by atoms with Crippen LogP contribution in [0.15, 0.2) is 35.5 Å². The van der Waals surface area contributed by atoms with Crippen LogP contribution in [-0.2, 0) is 16.1 Å². The summed E-state index contributed by atoms with van der Waals surface area (Å²) in [5, 5.41) is 3.89. The van der Waals surface area contributed by atoms with Crippen LogP contribution in [0.3, 0.4) is 0 Å². The average molecular weight is 362 g/mol. The third kappa shape index (κ3) is 5.61. The summed E-state index contributed by atoms with van der Waals surface area (Å²) in [6, 6.07) is 10.2. The number of methoxy groups -OCH3 is 1. The summed E-state index contributed by atoms with van der Waals surface area (Å²) in [6.45, 7) is 8.17. The topological polar surface area (TPSA) is 56.1 Å². The Morgan fingerprint density at radius 3 is 2.72 bits per heavy atom. The fraction of sp³-hybridized carbons (Fsp3) is 0.474. The third-order valence-electron chi connectivity index (χ3n) is 4.25. The van der Waals surface area contributed by atoms with Crippen LogP contribution in [0.1, 0.15) is 29.8 Å². The molecule has 1 amide bonds. The van der Waals surface area contributed by atoms with Crippen molar-refractivity contribution in [2.45, 2.75) is 38.4 Å². The highest BCUT2D eigenvalue weighted by Crippen LogP contribution is 2.21. The summed E-state index contributed by atoms with van der Waals surface area (Å²) in [5.74, 6) is 0.692. The molecule has 0 spiro atoms. The van der Waals surface area contributed by atoms with Crippen molar-refractivity contribution in [1.29, 1.82) is 0 Å². The van der Waals surface area contributed by atoms with E-state index in [2.05, 4.69) is 33.9 Å². The number of benzene rings is 1. The van der Waals surface area contributed by atoms with Crippen molar-refractivity contribution in [1.82, 2.24) is 14.9 Å². The Hall–Kier alpha value is -1.79. The Bertz CT molecular complexity index is 685. The number of ether oxygens (including phenoxy) is 1. The van der Waals surface area contributed by atoms with Gasteiger partial charge in [-0.3, -0.25) is 4.79 Å². The average Bonchev–Trinajstić information content (AvgIpc) is 2.90. The van der Waals surface area contributed by atoms with E-state index in [1.54, 1.807) is 7.11 Å². The zero-order chi connectivity index (χ0) is 18.2. The zero-order valence-corrected chi connectivity index (χ0v) is 16.2. The minimum atomic E-state index is 0.0318. The molecule has 0 aliphatic rings. The van der Waals surface area contributed by atoms with Crippen LogP contribution in [0, 0.1) is 13.8 Å². The molecule has 0 saturated heterocycles. The first-order chi connectivity index (χ1) is 12.0. The zero-order valence-electron chi connectivity index (χ0n) is 15.4. The molecule has 1 aromatic carbocycles. The van der Waals surface area contributed by atoms with E-state index in [0.717, 1.165) is 23.1 Å². The van der Waals surface area contributed by atoms with Gasteiger partial charge in [-0.05, 0) is 25.3 Å². The minimum absolute atomic E-state index is 0.0318. The third-order valence-corrected chi connectivity index (χ3v) is 5.22. The molecule has 1 N–H and O–H groups in total. The number of aryl methyl sites for hydroxylation is 1. The van der Waals surface area contributed by atoms with Gasteiger partial charge >= 0.3 is 0 Å². The van der Waals surface area contributed by atoms with Gasteiger partial charge in [0.15, 0.2) is 5.16 Å². The first-order valence-corrected chi connectivity index (χ1v) is 9.48. The molecule has 2 rings (SSSR count). The van der Waals surface area contributed by atoms with Gasteiger partial charge in [-0.25, -0.2) is 4.98 Å². The highest BCUT2D eigenvalue weighted by molar-refractivity contribution is 7.99. The molecule has 0 radical (unpaired) electrons. The molecule has 0 aliphatic carbocycles. The second-order valence-corrected chi connectivity index (χ2v) is 7.06. The van der Waals surface area contributed by atoms with Crippen LogP contribution in [0.4, 0.5) is 0 Å². The Balaban J connectivity index is 1.85. The highest BCUT2D eigenvalue weighted by atomic mass is 32.2. The molecule has 136 valence electrons. The molecule has 0 fully saturated rings. The second-order valence-electron chi connectivity index (χ2n) is 6.11. The van der Waals surface area contributed by atoms with Crippen LogP contribution >= 0.6 is 11.8 Å². The summed E-state index contributed by atoms with van der Waals surface area (Å²) in [5.41, 5.74) is 3.35. The summed E-state index contributed by atoms with van der Waals surface area (Å²) in [7, 11) is 1.69. The van der Waals surface area contributed by atoms with E-state index in [1.165, 1.54) is 17.3 Å². The molecule has 1 aromatic heterocycles. The lowest BCUT2D eigenvalue weighted by atomic mass is 10.0. The van der Waals surface area contributed by atoms with Crippen LogP contribution in [0.5, 0.6) is 0 Å². The normalized spacial score (nSPS) is 12.2. The first kappa shape index (κ1) is 19.5. The summed E-state index contributed by atoms with van der Waals surface area (Å²) >= 11 is 1.47.